The Hall–Kier alpha value is -1.33. The molecule has 0 saturated heterocycles. The van der Waals surface area contributed by atoms with Gasteiger partial charge in [-0.3, -0.25) is 4.79 Å². The number of carbonyl (C=O) groups is 1. The van der Waals surface area contributed by atoms with Crippen LogP contribution in [0.1, 0.15) is 11.1 Å². The van der Waals surface area contributed by atoms with E-state index < -0.39 is 13.1 Å². The van der Waals surface area contributed by atoms with E-state index in [4.69, 9.17) is 4.74 Å². The van der Waals surface area contributed by atoms with E-state index in [1.165, 1.54) is 12.7 Å². The number of hydrogen-bond donors (Lipinski definition) is 2. The van der Waals surface area contributed by atoms with Gasteiger partial charge in [-0.05, 0) is 25.7 Å². The first-order valence-corrected chi connectivity index (χ1v) is 5.60. The number of hydrogen-bond acceptors (Lipinski definition) is 4. The summed E-state index contributed by atoms with van der Waals surface area (Å²) in [6.45, 7) is 3.58. The number of carbonyl (C=O) groups excluding carboxylic acids is 1. The van der Waals surface area contributed by atoms with Crippen LogP contribution in [-0.4, -0.2) is 31.2 Å². The first-order valence-electron chi connectivity index (χ1n) is 5.60. The molecule has 0 radical (unpaired) electrons. The molecule has 0 aliphatic heterocycles. The molecule has 4 nitrogen and oxygen atoms in total. The fraction of sp³-hybridized carbons (Fsp3) is 0.417. The van der Waals surface area contributed by atoms with E-state index in [0.29, 0.717) is 6.42 Å². The number of esters is 1. The van der Waals surface area contributed by atoms with Crippen LogP contribution in [0.2, 0.25) is 6.82 Å². The van der Waals surface area contributed by atoms with E-state index in [-0.39, 0.29) is 5.97 Å². The second-order valence-electron chi connectivity index (χ2n) is 4.11. The van der Waals surface area contributed by atoms with Crippen molar-refractivity contribution in [2.24, 2.45) is 0 Å². The summed E-state index contributed by atoms with van der Waals surface area (Å²) in [4.78, 5) is 11.5. The van der Waals surface area contributed by atoms with E-state index in [9.17, 15) is 9.82 Å². The highest BCUT2D eigenvalue weighted by Gasteiger charge is 2.22. The Morgan fingerprint density at radius 1 is 1.47 bits per heavy atom. The molecule has 0 heterocycles. The van der Waals surface area contributed by atoms with E-state index >= 15 is 0 Å². The molecule has 0 spiro atoms. The summed E-state index contributed by atoms with van der Waals surface area (Å²) in [6.07, 6.45) is 0.498. The molecule has 92 valence electrons. The highest BCUT2D eigenvalue weighted by atomic mass is 16.5. The number of aryl methyl sites for hydroxylation is 1. The standard InChI is InChI=1S/C12H18BNO3/c1-9-4-6-10(7-5-9)8-11(12(15)17-3)14-13(2)16/h4-7,11,14,16H,8H2,1-3H3/t11-/m0/s1. The zero-order valence-electron chi connectivity index (χ0n) is 10.4. The normalized spacial score (nSPS) is 12.0. The van der Waals surface area contributed by atoms with Gasteiger partial charge in [-0.25, -0.2) is 0 Å². The van der Waals surface area contributed by atoms with Gasteiger partial charge in [-0.1, -0.05) is 29.8 Å². The van der Waals surface area contributed by atoms with Gasteiger partial charge in [0, 0.05) is 0 Å². The van der Waals surface area contributed by atoms with E-state index in [1.807, 2.05) is 31.2 Å². The number of nitrogens with one attached hydrogen (secondary N) is 1. The third-order valence-electron chi connectivity index (χ3n) is 2.49. The minimum atomic E-state index is -0.746. The van der Waals surface area contributed by atoms with Crippen LogP contribution in [0.3, 0.4) is 0 Å². The van der Waals surface area contributed by atoms with Gasteiger partial charge in [0.1, 0.15) is 6.04 Å². The quantitative estimate of drug-likeness (QED) is 0.584. The topological polar surface area (TPSA) is 58.6 Å². The summed E-state index contributed by atoms with van der Waals surface area (Å²) < 4.78 is 4.70. The molecule has 1 aromatic rings. The maximum absolute atomic E-state index is 11.5. The molecular weight excluding hydrogens is 217 g/mol. The van der Waals surface area contributed by atoms with Crippen LogP contribution in [-0.2, 0) is 16.0 Å². The summed E-state index contributed by atoms with van der Waals surface area (Å²) in [5.74, 6) is -0.369. The van der Waals surface area contributed by atoms with Crippen molar-refractivity contribution in [2.45, 2.75) is 26.2 Å². The van der Waals surface area contributed by atoms with Gasteiger partial charge < -0.3 is 15.0 Å². The zero-order valence-corrected chi connectivity index (χ0v) is 10.4. The fourth-order valence-corrected chi connectivity index (χ4v) is 1.60. The summed E-state index contributed by atoms with van der Waals surface area (Å²) in [5.41, 5.74) is 2.20. The van der Waals surface area contributed by atoms with E-state index in [0.717, 1.165) is 5.56 Å². The fourth-order valence-electron chi connectivity index (χ4n) is 1.60. The summed E-state index contributed by atoms with van der Waals surface area (Å²) in [5, 5.41) is 12.0. The van der Waals surface area contributed by atoms with Crippen molar-refractivity contribution in [2.75, 3.05) is 7.11 Å². The van der Waals surface area contributed by atoms with Crippen molar-refractivity contribution in [1.82, 2.24) is 5.23 Å². The molecule has 0 aromatic heterocycles. The van der Waals surface area contributed by atoms with Crippen molar-refractivity contribution in [3.63, 3.8) is 0 Å². The predicted molar refractivity (Wildman–Crippen MR) is 67.7 cm³/mol. The second-order valence-corrected chi connectivity index (χ2v) is 4.11. The molecule has 5 heteroatoms. The van der Waals surface area contributed by atoms with Gasteiger partial charge in [0.15, 0.2) is 0 Å². The maximum atomic E-state index is 11.5. The molecule has 17 heavy (non-hydrogen) atoms. The lowest BCUT2D eigenvalue weighted by atomic mass is 9.86. The Morgan fingerprint density at radius 2 is 2.06 bits per heavy atom. The minimum absolute atomic E-state index is 0.369. The Labute approximate surface area is 102 Å². The summed E-state index contributed by atoms with van der Waals surface area (Å²) >= 11 is 0. The summed E-state index contributed by atoms with van der Waals surface area (Å²) in [6, 6.07) is 7.39. The van der Waals surface area contributed by atoms with Crippen molar-refractivity contribution in [3.8, 4) is 0 Å². The van der Waals surface area contributed by atoms with Crippen molar-refractivity contribution in [3.05, 3.63) is 35.4 Å². The van der Waals surface area contributed by atoms with Gasteiger partial charge in [0.05, 0.1) is 7.11 Å². The predicted octanol–water partition coefficient (Wildman–Crippen LogP) is 0.779. The maximum Gasteiger partial charge on any atom is 0.374 e. The van der Waals surface area contributed by atoms with Crippen LogP contribution in [0.15, 0.2) is 24.3 Å². The average Bonchev–Trinajstić information content (AvgIpc) is 2.29. The molecule has 1 aromatic carbocycles. The molecule has 0 amide bonds. The molecule has 1 atom stereocenters. The lowest BCUT2D eigenvalue weighted by Crippen LogP contribution is -2.46. The van der Waals surface area contributed by atoms with Gasteiger partial charge >= 0.3 is 13.0 Å². The third-order valence-corrected chi connectivity index (χ3v) is 2.49. The Kier molecular flexibility index (Phi) is 5.19. The van der Waals surface area contributed by atoms with Crippen molar-refractivity contribution in [1.29, 1.82) is 0 Å². The van der Waals surface area contributed by atoms with E-state index in [2.05, 4.69) is 5.23 Å². The molecule has 0 aliphatic rings. The van der Waals surface area contributed by atoms with Crippen LogP contribution in [0, 0.1) is 6.92 Å². The molecule has 0 fully saturated rings. The van der Waals surface area contributed by atoms with E-state index in [1.54, 1.807) is 6.82 Å². The Morgan fingerprint density at radius 3 is 2.53 bits per heavy atom. The monoisotopic (exact) mass is 235 g/mol. The van der Waals surface area contributed by atoms with Gasteiger partial charge in [-0.15, -0.1) is 0 Å². The van der Waals surface area contributed by atoms with Crippen molar-refractivity contribution < 1.29 is 14.6 Å². The van der Waals surface area contributed by atoms with Crippen LogP contribution in [0.5, 0.6) is 0 Å². The molecule has 2 N–H and O–H groups in total. The Bertz CT molecular complexity index is 365. The third kappa shape index (κ3) is 4.59. The largest absolute Gasteiger partial charge is 0.468 e. The van der Waals surface area contributed by atoms with Crippen LogP contribution in [0.25, 0.3) is 0 Å². The van der Waals surface area contributed by atoms with Gasteiger partial charge in [-0.2, -0.15) is 0 Å². The van der Waals surface area contributed by atoms with Gasteiger partial charge in [0.2, 0.25) is 0 Å². The molecule has 0 saturated carbocycles. The highest BCUT2D eigenvalue weighted by Crippen LogP contribution is 2.07. The molecule has 0 bridgehead atoms. The van der Waals surface area contributed by atoms with Crippen molar-refractivity contribution >= 4 is 13.0 Å². The first kappa shape index (κ1) is 13.7. The lowest BCUT2D eigenvalue weighted by molar-refractivity contribution is -0.142. The number of methoxy groups -OCH3 is 1. The van der Waals surface area contributed by atoms with Crippen LogP contribution < -0.4 is 5.23 Å². The summed E-state index contributed by atoms with van der Waals surface area (Å²) in [7, 11) is 0.596. The first-order chi connectivity index (χ1) is 8.02. The second kappa shape index (κ2) is 6.42. The number of ether oxygens (including phenoxy) is 1. The minimum Gasteiger partial charge on any atom is -0.468 e. The molecule has 1 rings (SSSR count). The highest BCUT2D eigenvalue weighted by molar-refractivity contribution is 6.46. The number of benzene rings is 1. The van der Waals surface area contributed by atoms with Crippen LogP contribution in [0.4, 0.5) is 0 Å². The zero-order chi connectivity index (χ0) is 12.8. The van der Waals surface area contributed by atoms with Crippen LogP contribution >= 0.6 is 0 Å². The molecular formula is C12H18BNO3. The molecule has 0 aliphatic carbocycles. The Balaban J connectivity index is 2.71. The van der Waals surface area contributed by atoms with Gasteiger partial charge in [0.25, 0.3) is 0 Å². The SMILES string of the molecule is COC(=O)[C@H](Cc1ccc(C)cc1)NB(C)O. The average molecular weight is 235 g/mol. The molecule has 0 unspecified atom stereocenters. The number of rotatable bonds is 5. The smallest absolute Gasteiger partial charge is 0.374 e. The lowest BCUT2D eigenvalue weighted by Gasteiger charge is -2.17.